The molecule has 0 saturated heterocycles. The lowest BCUT2D eigenvalue weighted by Gasteiger charge is -2.11. The summed E-state index contributed by atoms with van der Waals surface area (Å²) < 4.78 is 10.4. The van der Waals surface area contributed by atoms with E-state index in [0.29, 0.717) is 23.6 Å². The predicted octanol–water partition coefficient (Wildman–Crippen LogP) is 3.61. The number of nitrogens with one attached hydrogen (secondary N) is 1. The van der Waals surface area contributed by atoms with Crippen LogP contribution in [0.2, 0.25) is 0 Å². The van der Waals surface area contributed by atoms with E-state index in [9.17, 15) is 4.79 Å². The minimum absolute atomic E-state index is 0.0274. The molecule has 0 bridgehead atoms. The number of anilines is 1. The van der Waals surface area contributed by atoms with Gasteiger partial charge in [-0.15, -0.1) is 0 Å². The SMILES string of the molecule is CCCCCCC(=O)Nc1ccc(OC)cc1OC. The highest BCUT2D eigenvalue weighted by atomic mass is 16.5. The average Bonchev–Trinajstić information content (AvgIpc) is 2.44. The Labute approximate surface area is 115 Å². The zero-order valence-electron chi connectivity index (χ0n) is 12.0. The van der Waals surface area contributed by atoms with Crippen LogP contribution < -0.4 is 14.8 Å². The smallest absolute Gasteiger partial charge is 0.224 e. The van der Waals surface area contributed by atoms with Crippen LogP contribution in [0.3, 0.4) is 0 Å². The van der Waals surface area contributed by atoms with Crippen molar-refractivity contribution in [2.24, 2.45) is 0 Å². The van der Waals surface area contributed by atoms with Gasteiger partial charge in [0.05, 0.1) is 19.9 Å². The molecule has 0 radical (unpaired) electrons. The first-order valence-electron chi connectivity index (χ1n) is 6.73. The monoisotopic (exact) mass is 265 g/mol. The number of carbonyl (C=O) groups is 1. The maximum absolute atomic E-state index is 11.8. The molecule has 1 N–H and O–H groups in total. The molecule has 0 spiro atoms. The Morgan fingerprint density at radius 1 is 1.16 bits per heavy atom. The van der Waals surface area contributed by atoms with Gasteiger partial charge < -0.3 is 14.8 Å². The lowest BCUT2D eigenvalue weighted by atomic mass is 10.1. The van der Waals surface area contributed by atoms with Gasteiger partial charge >= 0.3 is 0 Å². The van der Waals surface area contributed by atoms with Crippen molar-refractivity contribution in [3.63, 3.8) is 0 Å². The van der Waals surface area contributed by atoms with Crippen LogP contribution in [-0.2, 0) is 4.79 Å². The summed E-state index contributed by atoms with van der Waals surface area (Å²) in [5.41, 5.74) is 0.684. The largest absolute Gasteiger partial charge is 0.497 e. The second kappa shape index (κ2) is 8.40. The number of hydrogen-bond donors (Lipinski definition) is 1. The topological polar surface area (TPSA) is 47.6 Å². The summed E-state index contributed by atoms with van der Waals surface area (Å²) in [6.45, 7) is 2.16. The van der Waals surface area contributed by atoms with Crippen molar-refractivity contribution in [3.8, 4) is 11.5 Å². The van der Waals surface area contributed by atoms with E-state index in [0.717, 1.165) is 12.8 Å². The zero-order valence-corrected chi connectivity index (χ0v) is 12.0. The van der Waals surface area contributed by atoms with Crippen LogP contribution in [0.25, 0.3) is 0 Å². The second-order valence-corrected chi connectivity index (χ2v) is 4.43. The number of carbonyl (C=O) groups excluding carboxylic acids is 1. The van der Waals surface area contributed by atoms with Crippen molar-refractivity contribution in [3.05, 3.63) is 18.2 Å². The third-order valence-electron chi connectivity index (χ3n) is 2.94. The molecule has 4 heteroatoms. The molecule has 1 aromatic rings. The quantitative estimate of drug-likeness (QED) is 0.730. The fourth-order valence-corrected chi connectivity index (χ4v) is 1.83. The first kappa shape index (κ1) is 15.3. The molecule has 106 valence electrons. The van der Waals surface area contributed by atoms with Gasteiger partial charge in [0, 0.05) is 12.5 Å². The Bertz CT molecular complexity index is 404. The number of benzene rings is 1. The summed E-state index contributed by atoms with van der Waals surface area (Å²) >= 11 is 0. The van der Waals surface area contributed by atoms with Gasteiger partial charge in [0.2, 0.25) is 5.91 Å². The van der Waals surface area contributed by atoms with E-state index in [-0.39, 0.29) is 5.91 Å². The molecule has 1 amide bonds. The molecule has 0 aliphatic heterocycles. The summed E-state index contributed by atoms with van der Waals surface area (Å²) in [6, 6.07) is 5.35. The summed E-state index contributed by atoms with van der Waals surface area (Å²) in [5, 5.41) is 2.87. The van der Waals surface area contributed by atoms with Crippen molar-refractivity contribution in [2.75, 3.05) is 19.5 Å². The van der Waals surface area contributed by atoms with Gasteiger partial charge in [0.1, 0.15) is 11.5 Å². The van der Waals surface area contributed by atoms with E-state index in [1.54, 1.807) is 32.4 Å². The van der Waals surface area contributed by atoms with Crippen LogP contribution in [-0.4, -0.2) is 20.1 Å². The van der Waals surface area contributed by atoms with E-state index in [4.69, 9.17) is 9.47 Å². The maximum Gasteiger partial charge on any atom is 0.224 e. The number of amides is 1. The summed E-state index contributed by atoms with van der Waals surface area (Å²) in [5.74, 6) is 1.35. The lowest BCUT2D eigenvalue weighted by Crippen LogP contribution is -2.12. The van der Waals surface area contributed by atoms with E-state index < -0.39 is 0 Å². The molecule has 1 aromatic carbocycles. The standard InChI is InChI=1S/C15H23NO3/c1-4-5-6-7-8-15(17)16-13-10-9-12(18-2)11-14(13)19-3/h9-11H,4-8H2,1-3H3,(H,16,17). The number of ether oxygens (including phenoxy) is 2. The Morgan fingerprint density at radius 2 is 1.95 bits per heavy atom. The van der Waals surface area contributed by atoms with E-state index >= 15 is 0 Å². The van der Waals surface area contributed by atoms with Crippen molar-refractivity contribution < 1.29 is 14.3 Å². The van der Waals surface area contributed by atoms with Crippen molar-refractivity contribution in [1.29, 1.82) is 0 Å². The van der Waals surface area contributed by atoms with Gasteiger partial charge in [-0.1, -0.05) is 26.2 Å². The van der Waals surface area contributed by atoms with Crippen LogP contribution in [0.15, 0.2) is 18.2 Å². The van der Waals surface area contributed by atoms with Crippen LogP contribution in [0.5, 0.6) is 11.5 Å². The Balaban J connectivity index is 2.53. The first-order valence-corrected chi connectivity index (χ1v) is 6.73. The molecule has 1 rings (SSSR count). The minimum Gasteiger partial charge on any atom is -0.497 e. The van der Waals surface area contributed by atoms with Gasteiger partial charge in [0.25, 0.3) is 0 Å². The highest BCUT2D eigenvalue weighted by molar-refractivity contribution is 5.92. The summed E-state index contributed by atoms with van der Waals surface area (Å²) in [6.07, 6.45) is 4.93. The van der Waals surface area contributed by atoms with Gasteiger partial charge in [0.15, 0.2) is 0 Å². The van der Waals surface area contributed by atoms with Crippen LogP contribution in [0.1, 0.15) is 39.0 Å². The van der Waals surface area contributed by atoms with Gasteiger partial charge in [-0.05, 0) is 18.6 Å². The Morgan fingerprint density at radius 3 is 2.58 bits per heavy atom. The summed E-state index contributed by atoms with van der Waals surface area (Å²) in [7, 11) is 3.17. The highest BCUT2D eigenvalue weighted by Crippen LogP contribution is 2.29. The second-order valence-electron chi connectivity index (χ2n) is 4.43. The third kappa shape index (κ3) is 5.20. The molecule has 0 heterocycles. The average molecular weight is 265 g/mol. The van der Waals surface area contributed by atoms with Gasteiger partial charge in [-0.25, -0.2) is 0 Å². The molecule has 0 fully saturated rings. The van der Waals surface area contributed by atoms with E-state index in [1.807, 2.05) is 0 Å². The van der Waals surface area contributed by atoms with Crippen molar-refractivity contribution in [2.45, 2.75) is 39.0 Å². The molecule has 0 saturated carbocycles. The number of methoxy groups -OCH3 is 2. The fourth-order valence-electron chi connectivity index (χ4n) is 1.83. The first-order chi connectivity index (χ1) is 9.21. The number of rotatable bonds is 8. The summed E-state index contributed by atoms with van der Waals surface area (Å²) in [4.78, 5) is 11.8. The van der Waals surface area contributed by atoms with Crippen LogP contribution in [0.4, 0.5) is 5.69 Å². The van der Waals surface area contributed by atoms with Gasteiger partial charge in [-0.2, -0.15) is 0 Å². The highest BCUT2D eigenvalue weighted by Gasteiger charge is 2.08. The Hall–Kier alpha value is -1.71. The molecule has 0 atom stereocenters. The molecule has 0 aromatic heterocycles. The van der Waals surface area contributed by atoms with Crippen molar-refractivity contribution >= 4 is 11.6 Å². The lowest BCUT2D eigenvalue weighted by molar-refractivity contribution is -0.116. The van der Waals surface area contributed by atoms with Crippen LogP contribution >= 0.6 is 0 Å². The molecule has 0 unspecified atom stereocenters. The number of unbranched alkanes of at least 4 members (excludes halogenated alkanes) is 3. The van der Waals surface area contributed by atoms with Crippen LogP contribution in [0, 0.1) is 0 Å². The zero-order chi connectivity index (χ0) is 14.1. The third-order valence-corrected chi connectivity index (χ3v) is 2.94. The molecule has 0 aliphatic carbocycles. The van der Waals surface area contributed by atoms with Gasteiger partial charge in [-0.3, -0.25) is 4.79 Å². The molecular weight excluding hydrogens is 242 g/mol. The van der Waals surface area contributed by atoms with E-state index in [1.165, 1.54) is 12.8 Å². The fraction of sp³-hybridized carbons (Fsp3) is 0.533. The predicted molar refractivity (Wildman–Crippen MR) is 76.9 cm³/mol. The van der Waals surface area contributed by atoms with Crippen molar-refractivity contribution in [1.82, 2.24) is 0 Å². The van der Waals surface area contributed by atoms with E-state index in [2.05, 4.69) is 12.2 Å². The molecule has 4 nitrogen and oxygen atoms in total. The normalized spacial score (nSPS) is 10.1. The molecule has 0 aliphatic rings. The minimum atomic E-state index is 0.0274. The molecular formula is C15H23NO3. The number of hydrogen-bond acceptors (Lipinski definition) is 3. The maximum atomic E-state index is 11.8. The molecule has 19 heavy (non-hydrogen) atoms. The Kier molecular flexibility index (Phi) is 6.79.